The first-order chi connectivity index (χ1) is 24.7. The number of nitrogens with zero attached hydrogens (tertiary/aromatic N) is 5. The van der Waals surface area contributed by atoms with Gasteiger partial charge in [0, 0.05) is 40.2 Å². The monoisotopic (exact) mass is 692 g/mol. The maximum atomic E-state index is 14.4. The van der Waals surface area contributed by atoms with Crippen LogP contribution in [0.25, 0.3) is 10.8 Å². The van der Waals surface area contributed by atoms with Crippen molar-refractivity contribution in [1.82, 2.24) is 30.0 Å². The molecule has 0 spiro atoms. The lowest BCUT2D eigenvalue weighted by molar-refractivity contribution is -0.157. The summed E-state index contributed by atoms with van der Waals surface area (Å²) in [5, 5.41) is 8.58. The molecule has 0 bridgehead atoms. The number of piperazine rings is 1. The fourth-order valence-corrected chi connectivity index (χ4v) is 6.71. The molecule has 12 nitrogen and oxygen atoms in total. The van der Waals surface area contributed by atoms with E-state index in [-0.39, 0.29) is 37.4 Å². The molecule has 2 aliphatic rings. The van der Waals surface area contributed by atoms with Gasteiger partial charge in [-0.15, -0.1) is 0 Å². The van der Waals surface area contributed by atoms with Gasteiger partial charge in [-0.25, -0.2) is 9.59 Å². The zero-order chi connectivity index (χ0) is 36.1. The summed E-state index contributed by atoms with van der Waals surface area (Å²) >= 11 is 0. The molecule has 4 aromatic carbocycles. The molecule has 0 aliphatic carbocycles. The molecule has 266 valence electrons. The molecule has 6 rings (SSSR count). The van der Waals surface area contributed by atoms with Gasteiger partial charge in [0.15, 0.2) is 0 Å². The second-order valence-corrected chi connectivity index (χ2v) is 13.0. The number of hydrogen-bond acceptors (Lipinski definition) is 7. The van der Waals surface area contributed by atoms with Crippen molar-refractivity contribution in [2.45, 2.75) is 45.1 Å². The van der Waals surface area contributed by atoms with Crippen LogP contribution in [0.4, 0.5) is 9.59 Å². The van der Waals surface area contributed by atoms with E-state index >= 15 is 0 Å². The topological polar surface area (TPSA) is 115 Å². The summed E-state index contributed by atoms with van der Waals surface area (Å²) in [6.07, 6.45) is -0.140. The van der Waals surface area contributed by atoms with Crippen LogP contribution in [-0.4, -0.2) is 102 Å². The number of hydrazine groups is 1. The summed E-state index contributed by atoms with van der Waals surface area (Å²) in [4.78, 5) is 59.0. The van der Waals surface area contributed by atoms with E-state index in [1.165, 1.54) is 4.90 Å². The highest BCUT2D eigenvalue weighted by atomic mass is 16.6. The van der Waals surface area contributed by atoms with Crippen molar-refractivity contribution in [3.05, 3.63) is 108 Å². The van der Waals surface area contributed by atoms with Gasteiger partial charge in [-0.3, -0.25) is 14.6 Å². The average Bonchev–Trinajstić information content (AvgIpc) is 3.46. The van der Waals surface area contributed by atoms with Crippen molar-refractivity contribution in [2.75, 3.05) is 40.8 Å². The summed E-state index contributed by atoms with van der Waals surface area (Å²) in [5.74, 6) is 0.723. The quantitative estimate of drug-likeness (QED) is 0.239. The Labute approximate surface area is 298 Å². The molecule has 2 heterocycles. The Morgan fingerprint density at radius 2 is 1.57 bits per heavy atom. The molecule has 12 heteroatoms. The molecule has 51 heavy (non-hydrogen) atoms. The summed E-state index contributed by atoms with van der Waals surface area (Å²) < 4.78 is 10.6. The number of carbonyl (C=O) groups is 4. The number of amides is 5. The van der Waals surface area contributed by atoms with Crippen LogP contribution in [0.5, 0.6) is 11.5 Å². The molecule has 5 amide bonds. The Hall–Kier alpha value is -5.62. The van der Waals surface area contributed by atoms with Crippen molar-refractivity contribution in [3.63, 3.8) is 0 Å². The lowest BCUT2D eigenvalue weighted by Crippen LogP contribution is -2.66. The van der Waals surface area contributed by atoms with Crippen LogP contribution in [-0.2, 0) is 29.1 Å². The van der Waals surface area contributed by atoms with E-state index in [9.17, 15) is 19.2 Å². The Morgan fingerprint density at radius 1 is 0.882 bits per heavy atom. The SMILES string of the molecule is CCCN(C(=O)NCc1ccc(OC)cc1)N1CC(=O)N2[C@@H](Cc3ccc(OC(=O)N(C)C)cc3)C(=O)N(Cc3cccc4ccccc34)C[C@@H]21. The highest BCUT2D eigenvalue weighted by Crippen LogP contribution is 2.32. The number of nitrogens with one attached hydrogen (secondary N) is 1. The first-order valence-electron chi connectivity index (χ1n) is 17.2. The molecule has 2 aliphatic heterocycles. The third-order valence-corrected chi connectivity index (χ3v) is 9.31. The van der Waals surface area contributed by atoms with Crippen LogP contribution in [0, 0.1) is 0 Å². The van der Waals surface area contributed by atoms with Crippen LogP contribution in [0.1, 0.15) is 30.0 Å². The van der Waals surface area contributed by atoms with Gasteiger partial charge >= 0.3 is 12.1 Å². The molecule has 2 fully saturated rings. The van der Waals surface area contributed by atoms with E-state index in [1.807, 2.05) is 77.5 Å². The molecule has 1 N–H and O–H groups in total. The van der Waals surface area contributed by atoms with E-state index in [0.717, 1.165) is 33.2 Å². The Morgan fingerprint density at radius 3 is 2.27 bits per heavy atom. The van der Waals surface area contributed by atoms with Crippen LogP contribution in [0.3, 0.4) is 0 Å². The number of carbonyl (C=O) groups excluding carboxylic acids is 4. The van der Waals surface area contributed by atoms with Gasteiger partial charge < -0.3 is 29.5 Å². The molecular formula is C39H44N6O6. The molecule has 2 atom stereocenters. The molecular weight excluding hydrogens is 648 g/mol. The summed E-state index contributed by atoms with van der Waals surface area (Å²) in [6, 6.07) is 27.5. The predicted octanol–water partition coefficient (Wildman–Crippen LogP) is 4.87. The summed E-state index contributed by atoms with van der Waals surface area (Å²) in [7, 11) is 4.82. The fraction of sp³-hybridized carbons (Fsp3) is 0.333. The predicted molar refractivity (Wildman–Crippen MR) is 193 cm³/mol. The third kappa shape index (κ3) is 7.76. The first-order valence-corrected chi connectivity index (χ1v) is 17.2. The van der Waals surface area contributed by atoms with Crippen LogP contribution in [0.2, 0.25) is 0 Å². The first kappa shape index (κ1) is 35.2. The maximum Gasteiger partial charge on any atom is 0.414 e. The fourth-order valence-electron chi connectivity index (χ4n) is 6.71. The number of urea groups is 1. The number of methoxy groups -OCH3 is 1. The number of rotatable bonds is 11. The normalized spacial score (nSPS) is 17.3. The van der Waals surface area contributed by atoms with Crippen LogP contribution in [0.15, 0.2) is 91.0 Å². The largest absolute Gasteiger partial charge is 0.497 e. The van der Waals surface area contributed by atoms with Crippen molar-refractivity contribution < 1.29 is 28.7 Å². The molecule has 0 unspecified atom stereocenters. The van der Waals surface area contributed by atoms with Crippen molar-refractivity contribution in [3.8, 4) is 11.5 Å². The second kappa shape index (κ2) is 15.5. The minimum atomic E-state index is -0.808. The maximum absolute atomic E-state index is 14.4. The highest BCUT2D eigenvalue weighted by Gasteiger charge is 2.52. The van der Waals surface area contributed by atoms with E-state index in [4.69, 9.17) is 9.47 Å². The van der Waals surface area contributed by atoms with Crippen LogP contribution < -0.4 is 14.8 Å². The molecule has 2 saturated heterocycles. The van der Waals surface area contributed by atoms with E-state index in [0.29, 0.717) is 31.8 Å². The van der Waals surface area contributed by atoms with Crippen molar-refractivity contribution >= 4 is 34.7 Å². The van der Waals surface area contributed by atoms with Gasteiger partial charge in [0.1, 0.15) is 23.7 Å². The van der Waals surface area contributed by atoms with Crippen molar-refractivity contribution in [2.24, 2.45) is 0 Å². The van der Waals surface area contributed by atoms with E-state index in [2.05, 4.69) is 11.4 Å². The number of ether oxygens (including phenoxy) is 2. The summed E-state index contributed by atoms with van der Waals surface area (Å²) in [5.41, 5.74) is 2.71. The van der Waals surface area contributed by atoms with Gasteiger partial charge in [0.05, 0.1) is 20.2 Å². The lowest BCUT2D eigenvalue weighted by Gasteiger charge is -2.46. The zero-order valence-electron chi connectivity index (χ0n) is 29.5. The third-order valence-electron chi connectivity index (χ3n) is 9.31. The summed E-state index contributed by atoms with van der Waals surface area (Å²) in [6.45, 7) is 3.22. The highest BCUT2D eigenvalue weighted by molar-refractivity contribution is 5.92. The lowest BCUT2D eigenvalue weighted by atomic mass is 9.99. The van der Waals surface area contributed by atoms with Crippen LogP contribution >= 0.6 is 0 Å². The van der Waals surface area contributed by atoms with Gasteiger partial charge in [0.25, 0.3) is 0 Å². The minimum Gasteiger partial charge on any atom is -0.497 e. The number of benzene rings is 4. The van der Waals surface area contributed by atoms with Gasteiger partial charge in [-0.1, -0.05) is 73.7 Å². The Bertz CT molecular complexity index is 1880. The zero-order valence-corrected chi connectivity index (χ0v) is 29.5. The van der Waals surface area contributed by atoms with Gasteiger partial charge in [0.2, 0.25) is 11.8 Å². The van der Waals surface area contributed by atoms with Crippen molar-refractivity contribution in [1.29, 1.82) is 0 Å². The minimum absolute atomic E-state index is 0.0358. The molecule has 0 aromatic heterocycles. The van der Waals surface area contributed by atoms with Gasteiger partial charge in [-0.05, 0) is 58.1 Å². The van der Waals surface area contributed by atoms with E-state index in [1.54, 1.807) is 55.4 Å². The smallest absolute Gasteiger partial charge is 0.414 e. The molecule has 0 saturated carbocycles. The molecule has 0 radical (unpaired) electrons. The molecule has 4 aromatic rings. The average molecular weight is 693 g/mol. The standard InChI is InChI=1S/C39H44N6O6/c1-5-21-43(38(48)40-23-28-15-17-31(50-4)18-16-28)44-26-36(46)45-34(22-27-13-19-32(20-14-27)51-39(49)41(2)3)37(47)42(25-35(44)45)24-30-11-8-10-29-9-6-7-12-33(29)30/h6-20,34-35H,5,21-26H2,1-4H3,(H,40,48)/t34-,35+/m0/s1. The number of fused-ring (bicyclic) bond motifs is 2. The van der Waals surface area contributed by atoms with Gasteiger partial charge in [-0.2, -0.15) is 5.01 Å². The van der Waals surface area contributed by atoms with E-state index < -0.39 is 18.3 Å². The second-order valence-electron chi connectivity index (χ2n) is 13.0. The number of hydrogen-bond donors (Lipinski definition) is 1. The Kier molecular flexibility index (Phi) is 10.7. The Balaban J connectivity index is 1.28.